The fourth-order valence-corrected chi connectivity index (χ4v) is 3.32. The number of imide groups is 1. The van der Waals surface area contributed by atoms with Gasteiger partial charge < -0.3 is 4.74 Å². The van der Waals surface area contributed by atoms with Crippen LogP contribution in [0.15, 0.2) is 24.3 Å². The summed E-state index contributed by atoms with van der Waals surface area (Å²) in [4.78, 5) is 26.5. The minimum atomic E-state index is -0.120. The van der Waals surface area contributed by atoms with Crippen molar-refractivity contribution < 1.29 is 14.3 Å². The van der Waals surface area contributed by atoms with Crippen LogP contribution < -0.4 is 9.64 Å². The molecule has 1 aliphatic heterocycles. The first-order chi connectivity index (χ1) is 9.74. The Bertz CT molecular complexity index is 516. The number of amides is 2. The van der Waals surface area contributed by atoms with Gasteiger partial charge >= 0.3 is 0 Å². The van der Waals surface area contributed by atoms with Gasteiger partial charge in [0.25, 0.3) is 0 Å². The number of nitrogens with zero attached hydrogens (tertiary/aromatic N) is 1. The Labute approximate surface area is 118 Å². The number of hydrogen-bond donors (Lipinski definition) is 0. The van der Waals surface area contributed by atoms with Gasteiger partial charge in [-0.3, -0.25) is 9.59 Å². The predicted octanol–water partition coefficient (Wildman–Crippen LogP) is 2.76. The van der Waals surface area contributed by atoms with Crippen molar-refractivity contribution in [3.63, 3.8) is 0 Å². The molecule has 2 amide bonds. The molecule has 20 heavy (non-hydrogen) atoms. The molecule has 0 spiro atoms. The first-order valence-corrected chi connectivity index (χ1v) is 7.33. The predicted molar refractivity (Wildman–Crippen MR) is 75.6 cm³/mol. The second kappa shape index (κ2) is 5.27. The zero-order chi connectivity index (χ0) is 14.1. The molecule has 106 valence electrons. The van der Waals surface area contributed by atoms with Crippen molar-refractivity contribution in [2.24, 2.45) is 11.8 Å². The number of para-hydroxylation sites is 2. The van der Waals surface area contributed by atoms with Crippen molar-refractivity contribution in [2.45, 2.75) is 32.6 Å². The lowest BCUT2D eigenvalue weighted by Crippen LogP contribution is -2.31. The summed E-state index contributed by atoms with van der Waals surface area (Å²) in [7, 11) is 0. The van der Waals surface area contributed by atoms with E-state index in [4.69, 9.17) is 4.74 Å². The molecule has 4 nitrogen and oxygen atoms in total. The maximum Gasteiger partial charge on any atom is 0.237 e. The summed E-state index contributed by atoms with van der Waals surface area (Å²) in [6.07, 6.45) is 3.76. The van der Waals surface area contributed by atoms with Crippen molar-refractivity contribution in [1.29, 1.82) is 0 Å². The fraction of sp³-hybridized carbons (Fsp3) is 0.500. The van der Waals surface area contributed by atoms with Gasteiger partial charge in [0.1, 0.15) is 5.75 Å². The standard InChI is InChI=1S/C16H19NO3/c1-2-20-14-10-6-5-9-13(14)17-15(18)11-7-3-4-8-12(11)16(17)19/h5-6,9-12H,2-4,7-8H2,1H3. The maximum atomic E-state index is 12.6. The average molecular weight is 273 g/mol. The lowest BCUT2D eigenvalue weighted by molar-refractivity contribution is -0.122. The number of hydrogen-bond acceptors (Lipinski definition) is 3. The van der Waals surface area contributed by atoms with Gasteiger partial charge in [-0.1, -0.05) is 25.0 Å². The van der Waals surface area contributed by atoms with Crippen LogP contribution >= 0.6 is 0 Å². The molecule has 2 atom stereocenters. The van der Waals surface area contributed by atoms with E-state index in [0.717, 1.165) is 25.7 Å². The second-order valence-corrected chi connectivity index (χ2v) is 5.41. The summed E-state index contributed by atoms with van der Waals surface area (Å²) in [6, 6.07) is 7.28. The lowest BCUT2D eigenvalue weighted by Gasteiger charge is -2.19. The summed E-state index contributed by atoms with van der Waals surface area (Å²) in [5.74, 6) is 0.269. The van der Waals surface area contributed by atoms with Gasteiger partial charge in [0.15, 0.2) is 0 Å². The molecule has 1 saturated carbocycles. The summed E-state index contributed by atoms with van der Waals surface area (Å²) in [5, 5.41) is 0. The molecular weight excluding hydrogens is 254 g/mol. The Morgan fingerprint density at radius 3 is 2.30 bits per heavy atom. The molecule has 0 aromatic heterocycles. The van der Waals surface area contributed by atoms with Gasteiger partial charge in [-0.15, -0.1) is 0 Å². The van der Waals surface area contributed by atoms with E-state index in [1.165, 1.54) is 4.90 Å². The zero-order valence-electron chi connectivity index (χ0n) is 11.7. The second-order valence-electron chi connectivity index (χ2n) is 5.41. The van der Waals surface area contributed by atoms with Crippen LogP contribution in [0.25, 0.3) is 0 Å². The summed E-state index contributed by atoms with van der Waals surface area (Å²) < 4.78 is 5.55. The SMILES string of the molecule is CCOc1ccccc1N1C(=O)C2CCCCC2C1=O. The van der Waals surface area contributed by atoms with E-state index in [2.05, 4.69) is 0 Å². The Kier molecular flexibility index (Phi) is 3.47. The van der Waals surface area contributed by atoms with Crippen LogP contribution in [-0.2, 0) is 9.59 Å². The molecule has 1 aromatic carbocycles. The monoisotopic (exact) mass is 273 g/mol. The van der Waals surface area contributed by atoms with Gasteiger partial charge in [0.05, 0.1) is 24.1 Å². The molecule has 1 aromatic rings. The minimum absolute atomic E-state index is 0.0492. The van der Waals surface area contributed by atoms with Crippen molar-refractivity contribution in [2.75, 3.05) is 11.5 Å². The molecular formula is C16H19NO3. The van der Waals surface area contributed by atoms with E-state index < -0.39 is 0 Å². The Balaban J connectivity index is 1.97. The van der Waals surface area contributed by atoms with E-state index in [9.17, 15) is 9.59 Å². The topological polar surface area (TPSA) is 46.6 Å². The maximum absolute atomic E-state index is 12.6. The number of carbonyl (C=O) groups excluding carboxylic acids is 2. The third kappa shape index (κ3) is 1.99. The fourth-order valence-electron chi connectivity index (χ4n) is 3.32. The number of benzene rings is 1. The van der Waals surface area contributed by atoms with Crippen LogP contribution in [0.3, 0.4) is 0 Å². The summed E-state index contributed by atoms with van der Waals surface area (Å²) >= 11 is 0. The zero-order valence-corrected chi connectivity index (χ0v) is 11.7. The van der Waals surface area contributed by atoms with Crippen LogP contribution in [-0.4, -0.2) is 18.4 Å². The molecule has 0 radical (unpaired) electrons. The average Bonchev–Trinajstić information content (AvgIpc) is 2.73. The number of carbonyl (C=O) groups is 2. The number of ether oxygens (including phenoxy) is 1. The third-order valence-corrected chi connectivity index (χ3v) is 4.25. The van der Waals surface area contributed by atoms with Crippen LogP contribution in [0.1, 0.15) is 32.6 Å². The van der Waals surface area contributed by atoms with E-state index >= 15 is 0 Å². The van der Waals surface area contributed by atoms with E-state index in [1.54, 1.807) is 12.1 Å². The summed E-state index contributed by atoms with van der Waals surface area (Å²) in [6.45, 7) is 2.41. The molecule has 3 rings (SSSR count). The van der Waals surface area contributed by atoms with Gasteiger partial charge in [0.2, 0.25) is 11.8 Å². The van der Waals surface area contributed by atoms with Gasteiger partial charge in [0, 0.05) is 0 Å². The highest BCUT2D eigenvalue weighted by atomic mass is 16.5. The van der Waals surface area contributed by atoms with Crippen LogP contribution in [0.2, 0.25) is 0 Å². The van der Waals surface area contributed by atoms with Crippen molar-refractivity contribution in [3.05, 3.63) is 24.3 Å². The van der Waals surface area contributed by atoms with Crippen LogP contribution in [0, 0.1) is 11.8 Å². The highest BCUT2D eigenvalue weighted by molar-refractivity contribution is 6.22. The highest BCUT2D eigenvalue weighted by Gasteiger charge is 2.49. The normalized spacial score (nSPS) is 25.8. The molecule has 4 heteroatoms. The Morgan fingerprint density at radius 1 is 1.10 bits per heavy atom. The molecule has 2 unspecified atom stereocenters. The van der Waals surface area contributed by atoms with Crippen molar-refractivity contribution in [1.82, 2.24) is 0 Å². The molecule has 0 bridgehead atoms. The van der Waals surface area contributed by atoms with Crippen LogP contribution in [0.5, 0.6) is 5.75 Å². The molecule has 1 aliphatic carbocycles. The van der Waals surface area contributed by atoms with E-state index in [0.29, 0.717) is 18.0 Å². The molecule has 1 saturated heterocycles. The van der Waals surface area contributed by atoms with Crippen molar-refractivity contribution >= 4 is 17.5 Å². The molecule has 1 heterocycles. The first kappa shape index (κ1) is 13.2. The van der Waals surface area contributed by atoms with Crippen molar-refractivity contribution in [3.8, 4) is 5.75 Å². The number of anilines is 1. The highest BCUT2D eigenvalue weighted by Crippen LogP contribution is 2.42. The Morgan fingerprint density at radius 2 is 1.70 bits per heavy atom. The largest absolute Gasteiger partial charge is 0.492 e. The van der Waals surface area contributed by atoms with Gasteiger partial charge in [-0.25, -0.2) is 4.90 Å². The van der Waals surface area contributed by atoms with Gasteiger partial charge in [-0.05, 0) is 31.9 Å². The van der Waals surface area contributed by atoms with E-state index in [-0.39, 0.29) is 23.7 Å². The smallest absolute Gasteiger partial charge is 0.237 e. The third-order valence-electron chi connectivity index (χ3n) is 4.25. The number of fused-ring (bicyclic) bond motifs is 1. The van der Waals surface area contributed by atoms with Gasteiger partial charge in [-0.2, -0.15) is 0 Å². The number of rotatable bonds is 3. The lowest BCUT2D eigenvalue weighted by atomic mass is 9.81. The van der Waals surface area contributed by atoms with Crippen LogP contribution in [0.4, 0.5) is 5.69 Å². The molecule has 2 aliphatic rings. The quantitative estimate of drug-likeness (QED) is 0.796. The first-order valence-electron chi connectivity index (χ1n) is 7.33. The minimum Gasteiger partial charge on any atom is -0.492 e. The summed E-state index contributed by atoms with van der Waals surface area (Å²) in [5.41, 5.74) is 0.596. The molecule has 2 fully saturated rings. The Hall–Kier alpha value is -1.84. The molecule has 0 N–H and O–H groups in total. The van der Waals surface area contributed by atoms with E-state index in [1.807, 2.05) is 19.1 Å².